The topological polar surface area (TPSA) is 102 Å². The molecule has 1 aromatic carbocycles. The van der Waals surface area contributed by atoms with E-state index in [1.807, 2.05) is 18.2 Å². The van der Waals surface area contributed by atoms with Gasteiger partial charge in [0.2, 0.25) is 6.79 Å². The second kappa shape index (κ2) is 4.52. The number of nitrogens with zero attached hydrogens (tertiary/aromatic N) is 1. The predicted molar refractivity (Wildman–Crippen MR) is 69.2 cm³/mol. The smallest absolute Gasteiger partial charge is 0.276 e. The zero-order valence-corrected chi connectivity index (χ0v) is 9.97. The summed E-state index contributed by atoms with van der Waals surface area (Å²) in [6, 6.07) is 5.62. The zero-order chi connectivity index (χ0) is 13.2. The van der Waals surface area contributed by atoms with Crippen molar-refractivity contribution >= 4 is 11.5 Å². The molecule has 7 nitrogen and oxygen atoms in total. The van der Waals surface area contributed by atoms with Crippen molar-refractivity contribution in [2.24, 2.45) is 0 Å². The third-order valence-corrected chi connectivity index (χ3v) is 2.81. The summed E-state index contributed by atoms with van der Waals surface area (Å²) in [5.41, 5.74) is 6.25. The van der Waals surface area contributed by atoms with Crippen LogP contribution in [-0.2, 0) is 6.54 Å². The number of ether oxygens (including phenoxy) is 2. The van der Waals surface area contributed by atoms with Crippen LogP contribution < -0.4 is 26.1 Å². The van der Waals surface area contributed by atoms with Crippen molar-refractivity contribution in [3.8, 4) is 11.5 Å². The Kier molecular flexibility index (Phi) is 2.71. The average molecular weight is 260 g/mol. The fourth-order valence-electron chi connectivity index (χ4n) is 1.86. The Hall–Kier alpha value is -2.70. The summed E-state index contributed by atoms with van der Waals surface area (Å²) in [7, 11) is 0. The number of hydrogen-bond acceptors (Lipinski definition) is 6. The molecule has 3 rings (SSSR count). The number of hydrogen-bond donors (Lipinski definition) is 3. The Morgan fingerprint density at radius 3 is 3.21 bits per heavy atom. The molecule has 0 atom stereocenters. The third-order valence-electron chi connectivity index (χ3n) is 2.81. The van der Waals surface area contributed by atoms with E-state index in [9.17, 15) is 4.79 Å². The fraction of sp³-hybridized carbons (Fsp3) is 0.167. The third kappa shape index (κ3) is 2.05. The Bertz CT molecular complexity index is 668. The van der Waals surface area contributed by atoms with Gasteiger partial charge in [-0.1, -0.05) is 12.1 Å². The lowest BCUT2D eigenvalue weighted by atomic mass is 10.2. The Morgan fingerprint density at radius 2 is 2.32 bits per heavy atom. The molecule has 98 valence electrons. The van der Waals surface area contributed by atoms with Crippen LogP contribution >= 0.6 is 0 Å². The van der Waals surface area contributed by atoms with Gasteiger partial charge in [-0.3, -0.25) is 4.79 Å². The summed E-state index contributed by atoms with van der Waals surface area (Å²) in [6.07, 6.45) is 1.30. The molecule has 19 heavy (non-hydrogen) atoms. The molecule has 0 aliphatic carbocycles. The van der Waals surface area contributed by atoms with E-state index in [0.717, 1.165) is 5.56 Å². The highest BCUT2D eigenvalue weighted by Crippen LogP contribution is 2.35. The van der Waals surface area contributed by atoms with E-state index in [2.05, 4.69) is 15.3 Å². The first-order chi connectivity index (χ1) is 9.25. The fourth-order valence-corrected chi connectivity index (χ4v) is 1.86. The maximum absolute atomic E-state index is 11.3. The number of aromatic amines is 1. The van der Waals surface area contributed by atoms with Gasteiger partial charge in [0.25, 0.3) is 5.56 Å². The van der Waals surface area contributed by atoms with Crippen molar-refractivity contribution in [2.45, 2.75) is 6.54 Å². The van der Waals surface area contributed by atoms with Crippen LogP contribution in [0.5, 0.6) is 11.5 Å². The monoisotopic (exact) mass is 260 g/mol. The lowest BCUT2D eigenvalue weighted by molar-refractivity contribution is 0.173. The molecule has 0 saturated heterocycles. The molecule has 0 fully saturated rings. The number of para-hydroxylation sites is 1. The van der Waals surface area contributed by atoms with Gasteiger partial charge in [-0.25, -0.2) is 4.98 Å². The number of fused-ring (bicyclic) bond motifs is 1. The second-order valence-electron chi connectivity index (χ2n) is 4.00. The van der Waals surface area contributed by atoms with Crippen LogP contribution in [0.15, 0.2) is 29.3 Å². The number of benzene rings is 1. The van der Waals surface area contributed by atoms with E-state index in [1.54, 1.807) is 0 Å². The molecule has 0 unspecified atom stereocenters. The number of nitrogens with two attached hydrogens (primary N) is 1. The SMILES string of the molecule is Nc1c(NCc2cccc3c2OCO3)nc[nH]c1=O. The minimum absolute atomic E-state index is 0.0623. The van der Waals surface area contributed by atoms with Gasteiger partial charge in [0.1, 0.15) is 5.69 Å². The first kappa shape index (κ1) is 11.4. The van der Waals surface area contributed by atoms with Crippen molar-refractivity contribution in [1.29, 1.82) is 0 Å². The van der Waals surface area contributed by atoms with Crippen molar-refractivity contribution in [1.82, 2.24) is 9.97 Å². The van der Waals surface area contributed by atoms with Crippen LogP contribution in [-0.4, -0.2) is 16.8 Å². The zero-order valence-electron chi connectivity index (χ0n) is 9.97. The molecule has 2 heterocycles. The maximum atomic E-state index is 11.3. The lowest BCUT2D eigenvalue weighted by Crippen LogP contribution is -2.16. The van der Waals surface area contributed by atoms with E-state index < -0.39 is 0 Å². The van der Waals surface area contributed by atoms with E-state index in [4.69, 9.17) is 15.2 Å². The number of nitrogen functional groups attached to an aromatic ring is 1. The summed E-state index contributed by atoms with van der Waals surface area (Å²) in [6.45, 7) is 0.658. The number of aromatic nitrogens is 2. The van der Waals surface area contributed by atoms with Gasteiger partial charge in [0, 0.05) is 12.1 Å². The number of anilines is 2. The molecule has 0 radical (unpaired) electrons. The highest BCUT2D eigenvalue weighted by molar-refractivity contribution is 5.59. The van der Waals surface area contributed by atoms with E-state index in [-0.39, 0.29) is 18.0 Å². The van der Waals surface area contributed by atoms with Gasteiger partial charge in [-0.2, -0.15) is 0 Å². The predicted octanol–water partition coefficient (Wildman–Crippen LogP) is 0.693. The van der Waals surface area contributed by atoms with Gasteiger partial charge in [-0.15, -0.1) is 0 Å². The van der Waals surface area contributed by atoms with Crippen LogP contribution in [0.1, 0.15) is 5.56 Å². The van der Waals surface area contributed by atoms with Gasteiger partial charge in [0.15, 0.2) is 17.3 Å². The Morgan fingerprint density at radius 1 is 1.42 bits per heavy atom. The van der Waals surface area contributed by atoms with Gasteiger partial charge < -0.3 is 25.5 Å². The Balaban J connectivity index is 1.82. The number of H-pyrrole nitrogens is 1. The molecule has 1 aliphatic heterocycles. The van der Waals surface area contributed by atoms with Gasteiger partial charge in [0.05, 0.1) is 6.33 Å². The standard InChI is InChI=1S/C12H12N4O3/c13-9-11(15-5-16-12(9)17)14-4-7-2-1-3-8-10(7)19-6-18-8/h1-3,5H,4,6,13H2,(H2,14,15,16,17). The minimum atomic E-state index is -0.365. The van der Waals surface area contributed by atoms with Crippen molar-refractivity contribution < 1.29 is 9.47 Å². The number of nitrogens with one attached hydrogen (secondary N) is 2. The quantitative estimate of drug-likeness (QED) is 0.750. The molecule has 0 amide bonds. The molecule has 1 aliphatic rings. The lowest BCUT2D eigenvalue weighted by Gasteiger charge is -2.09. The van der Waals surface area contributed by atoms with Crippen molar-refractivity contribution in [3.63, 3.8) is 0 Å². The normalized spacial score (nSPS) is 12.4. The van der Waals surface area contributed by atoms with E-state index >= 15 is 0 Å². The van der Waals surface area contributed by atoms with Crippen LogP contribution in [0.4, 0.5) is 11.5 Å². The minimum Gasteiger partial charge on any atom is -0.454 e. The number of rotatable bonds is 3. The average Bonchev–Trinajstić information content (AvgIpc) is 2.89. The summed E-state index contributed by atoms with van der Waals surface area (Å²) in [5, 5.41) is 3.01. The molecule has 4 N–H and O–H groups in total. The summed E-state index contributed by atoms with van der Waals surface area (Å²) in [5.74, 6) is 1.77. The van der Waals surface area contributed by atoms with E-state index in [0.29, 0.717) is 23.9 Å². The molecule has 0 spiro atoms. The molecule has 1 aromatic heterocycles. The molecular weight excluding hydrogens is 248 g/mol. The van der Waals surface area contributed by atoms with Crippen molar-refractivity contribution in [3.05, 3.63) is 40.4 Å². The highest BCUT2D eigenvalue weighted by atomic mass is 16.7. The summed E-state index contributed by atoms with van der Waals surface area (Å²) in [4.78, 5) is 17.7. The van der Waals surface area contributed by atoms with Crippen LogP contribution in [0, 0.1) is 0 Å². The molecule has 7 heteroatoms. The summed E-state index contributed by atoms with van der Waals surface area (Å²) >= 11 is 0. The highest BCUT2D eigenvalue weighted by Gasteiger charge is 2.17. The van der Waals surface area contributed by atoms with Crippen LogP contribution in [0.25, 0.3) is 0 Å². The van der Waals surface area contributed by atoms with Gasteiger partial charge in [-0.05, 0) is 6.07 Å². The largest absolute Gasteiger partial charge is 0.454 e. The molecule has 2 aromatic rings. The first-order valence-corrected chi connectivity index (χ1v) is 5.70. The van der Waals surface area contributed by atoms with Gasteiger partial charge >= 0.3 is 0 Å². The molecule has 0 saturated carbocycles. The van der Waals surface area contributed by atoms with Crippen molar-refractivity contribution in [2.75, 3.05) is 17.8 Å². The van der Waals surface area contributed by atoms with E-state index in [1.165, 1.54) is 6.33 Å². The molecule has 0 bridgehead atoms. The summed E-state index contributed by atoms with van der Waals surface area (Å²) < 4.78 is 10.7. The van der Waals surface area contributed by atoms with Crippen LogP contribution in [0.2, 0.25) is 0 Å². The van der Waals surface area contributed by atoms with Crippen LogP contribution in [0.3, 0.4) is 0 Å². The maximum Gasteiger partial charge on any atom is 0.276 e. The second-order valence-corrected chi connectivity index (χ2v) is 4.00. The Labute approximate surface area is 108 Å². The first-order valence-electron chi connectivity index (χ1n) is 5.70. The molecular formula is C12H12N4O3.